The van der Waals surface area contributed by atoms with Crippen LogP contribution in [0.5, 0.6) is 0 Å². The zero-order valence-corrected chi connectivity index (χ0v) is 16.7. The van der Waals surface area contributed by atoms with Gasteiger partial charge in [-0.2, -0.15) is 0 Å². The fraction of sp³-hybridized carbons (Fsp3) is 0. The molecule has 0 saturated carbocycles. The van der Waals surface area contributed by atoms with Crippen LogP contribution >= 0.6 is 11.6 Å². The first-order chi connectivity index (χ1) is 15.1. The number of benzene rings is 3. The summed E-state index contributed by atoms with van der Waals surface area (Å²) in [6.07, 6.45) is 3.28. The molecule has 0 spiro atoms. The Labute approximate surface area is 181 Å². The predicted molar refractivity (Wildman–Crippen MR) is 117 cm³/mol. The number of hydrogen-bond acceptors (Lipinski definition) is 5. The van der Waals surface area contributed by atoms with Crippen molar-refractivity contribution in [3.05, 3.63) is 89.7 Å². The summed E-state index contributed by atoms with van der Waals surface area (Å²) in [7, 11) is 0. The lowest BCUT2D eigenvalue weighted by Gasteiger charge is -2.07. The maximum absolute atomic E-state index is 11.5. The van der Waals surface area contributed by atoms with Crippen LogP contribution < -0.4 is 0 Å². The van der Waals surface area contributed by atoms with Crippen LogP contribution in [-0.2, 0) is 0 Å². The van der Waals surface area contributed by atoms with Crippen molar-refractivity contribution in [3.63, 3.8) is 0 Å². The zero-order chi connectivity index (χ0) is 21.4. The van der Waals surface area contributed by atoms with Crippen LogP contribution in [0.2, 0.25) is 5.02 Å². The van der Waals surface area contributed by atoms with E-state index < -0.39 is 5.97 Å². The molecule has 2 aromatic heterocycles. The Balaban J connectivity index is 1.70. The van der Waals surface area contributed by atoms with Gasteiger partial charge in [-0.15, -0.1) is 5.10 Å². The van der Waals surface area contributed by atoms with Crippen LogP contribution in [0, 0.1) is 0 Å². The minimum Gasteiger partial charge on any atom is -0.478 e. The average molecular weight is 428 g/mol. The number of aromatic carboxylic acids is 1. The molecular weight excluding hydrogens is 414 g/mol. The summed E-state index contributed by atoms with van der Waals surface area (Å²) in [5.41, 5.74) is 3.83. The van der Waals surface area contributed by atoms with Crippen LogP contribution in [0.25, 0.3) is 39.5 Å². The van der Waals surface area contributed by atoms with Crippen molar-refractivity contribution in [1.29, 1.82) is 0 Å². The summed E-state index contributed by atoms with van der Waals surface area (Å²) in [4.78, 5) is 24.8. The summed E-state index contributed by atoms with van der Waals surface area (Å²) >= 11 is 6.05. The number of carboxylic acids is 1. The zero-order valence-electron chi connectivity index (χ0n) is 16.0. The van der Waals surface area contributed by atoms with Crippen molar-refractivity contribution in [2.24, 2.45) is 0 Å². The highest BCUT2D eigenvalue weighted by molar-refractivity contribution is 6.30. The Morgan fingerprint density at radius 1 is 0.871 bits per heavy atom. The van der Waals surface area contributed by atoms with Gasteiger partial charge in [0.1, 0.15) is 0 Å². The van der Waals surface area contributed by atoms with Crippen LogP contribution in [0.4, 0.5) is 0 Å². The van der Waals surface area contributed by atoms with E-state index in [4.69, 9.17) is 16.6 Å². The van der Waals surface area contributed by atoms with Crippen molar-refractivity contribution in [2.75, 3.05) is 0 Å². The first-order valence-corrected chi connectivity index (χ1v) is 9.74. The molecule has 0 atom stereocenters. The van der Waals surface area contributed by atoms with Crippen LogP contribution in [-0.4, -0.2) is 35.8 Å². The van der Waals surface area contributed by atoms with Gasteiger partial charge in [0.25, 0.3) is 0 Å². The molecule has 0 saturated heterocycles. The van der Waals surface area contributed by atoms with Crippen molar-refractivity contribution in [2.45, 2.75) is 0 Å². The third-order valence-corrected chi connectivity index (χ3v) is 5.03. The molecule has 1 N–H and O–H groups in total. The first-order valence-electron chi connectivity index (χ1n) is 9.36. The summed E-state index contributed by atoms with van der Waals surface area (Å²) in [6, 6.07) is 19.4. The number of rotatable bonds is 4. The number of halogens is 1. The minimum atomic E-state index is -1.01. The molecule has 7 nitrogen and oxygen atoms in total. The highest BCUT2D eigenvalue weighted by Crippen LogP contribution is 2.28. The second-order valence-corrected chi connectivity index (χ2v) is 7.23. The molecule has 5 aromatic rings. The smallest absolute Gasteiger partial charge is 0.335 e. The quantitative estimate of drug-likeness (QED) is 0.438. The number of aromatic nitrogens is 5. The molecule has 0 fully saturated rings. The number of nitrogens with zero attached hydrogens (tertiary/aromatic N) is 5. The van der Waals surface area contributed by atoms with Gasteiger partial charge in [0, 0.05) is 28.5 Å². The SMILES string of the molecule is O=C(O)c1cccc(-n2nc(-c3ccc4nccnc4c3)nc2-c2ccc(Cl)cc2)c1. The molecule has 2 heterocycles. The second-order valence-electron chi connectivity index (χ2n) is 6.79. The molecule has 31 heavy (non-hydrogen) atoms. The van der Waals surface area contributed by atoms with E-state index in [0.29, 0.717) is 22.4 Å². The van der Waals surface area contributed by atoms with E-state index in [9.17, 15) is 9.90 Å². The van der Waals surface area contributed by atoms with Crippen molar-refractivity contribution in [1.82, 2.24) is 24.7 Å². The van der Waals surface area contributed by atoms with Gasteiger partial charge >= 0.3 is 5.97 Å². The Hall–Kier alpha value is -4.10. The lowest BCUT2D eigenvalue weighted by Crippen LogP contribution is -2.03. The molecular formula is C23H14ClN5O2. The molecule has 0 amide bonds. The Morgan fingerprint density at radius 2 is 1.61 bits per heavy atom. The largest absolute Gasteiger partial charge is 0.478 e. The molecule has 5 rings (SSSR count). The molecule has 8 heteroatoms. The predicted octanol–water partition coefficient (Wildman–Crippen LogP) is 4.90. The molecule has 0 aliphatic carbocycles. The monoisotopic (exact) mass is 427 g/mol. The van der Waals surface area contributed by atoms with Crippen LogP contribution in [0.3, 0.4) is 0 Å². The number of hydrogen-bond donors (Lipinski definition) is 1. The molecule has 150 valence electrons. The van der Waals surface area contributed by atoms with Gasteiger partial charge in [0.2, 0.25) is 0 Å². The average Bonchev–Trinajstić information content (AvgIpc) is 3.25. The molecule has 0 aliphatic rings. The van der Waals surface area contributed by atoms with Gasteiger partial charge < -0.3 is 5.11 Å². The highest BCUT2D eigenvalue weighted by Gasteiger charge is 2.17. The van der Waals surface area contributed by atoms with Gasteiger partial charge in [0.15, 0.2) is 11.6 Å². The number of carbonyl (C=O) groups is 1. The van der Waals surface area contributed by atoms with E-state index >= 15 is 0 Å². The number of fused-ring (bicyclic) bond motifs is 1. The van der Waals surface area contributed by atoms with E-state index in [0.717, 1.165) is 22.2 Å². The Morgan fingerprint density at radius 3 is 2.39 bits per heavy atom. The third-order valence-electron chi connectivity index (χ3n) is 4.77. The standard InChI is InChI=1S/C23H14ClN5O2/c24-17-7-4-14(5-8-17)22-27-21(15-6-9-19-20(13-15)26-11-10-25-19)28-29(22)18-3-1-2-16(12-18)23(30)31/h1-13H,(H,30,31). The third kappa shape index (κ3) is 3.62. The Kier molecular flexibility index (Phi) is 4.65. The molecule has 0 aliphatic heterocycles. The van der Waals surface area contributed by atoms with E-state index in [2.05, 4.69) is 15.1 Å². The lowest BCUT2D eigenvalue weighted by molar-refractivity contribution is 0.0697. The van der Waals surface area contributed by atoms with Crippen molar-refractivity contribution < 1.29 is 9.90 Å². The normalized spacial score (nSPS) is 11.0. The summed E-state index contributed by atoms with van der Waals surface area (Å²) in [6.45, 7) is 0. The van der Waals surface area contributed by atoms with E-state index in [1.165, 1.54) is 6.07 Å². The summed E-state index contributed by atoms with van der Waals surface area (Å²) < 4.78 is 1.63. The molecule has 0 bridgehead atoms. The maximum atomic E-state index is 11.5. The fourth-order valence-electron chi connectivity index (χ4n) is 3.27. The number of carboxylic acid groups (broad SMARTS) is 1. The van der Waals surface area contributed by atoms with Crippen molar-refractivity contribution >= 4 is 28.6 Å². The molecule has 3 aromatic carbocycles. The molecule has 0 unspecified atom stereocenters. The van der Waals surface area contributed by atoms with Gasteiger partial charge in [0.05, 0.1) is 22.3 Å². The first kappa shape index (κ1) is 18.9. The second kappa shape index (κ2) is 7.62. The van der Waals surface area contributed by atoms with E-state index in [-0.39, 0.29) is 5.56 Å². The summed E-state index contributed by atoms with van der Waals surface area (Å²) in [5, 5.41) is 14.7. The van der Waals surface area contributed by atoms with Gasteiger partial charge in [-0.05, 0) is 60.7 Å². The van der Waals surface area contributed by atoms with Crippen LogP contribution in [0.15, 0.2) is 79.1 Å². The van der Waals surface area contributed by atoms with Gasteiger partial charge in [-0.25, -0.2) is 14.5 Å². The van der Waals surface area contributed by atoms with E-state index in [1.807, 2.05) is 30.3 Å². The topological polar surface area (TPSA) is 93.8 Å². The summed E-state index contributed by atoms with van der Waals surface area (Å²) in [5.74, 6) is 0.0371. The lowest BCUT2D eigenvalue weighted by atomic mass is 10.1. The highest BCUT2D eigenvalue weighted by atomic mass is 35.5. The van der Waals surface area contributed by atoms with Gasteiger partial charge in [-0.3, -0.25) is 9.97 Å². The van der Waals surface area contributed by atoms with Crippen LogP contribution in [0.1, 0.15) is 10.4 Å². The fourth-order valence-corrected chi connectivity index (χ4v) is 3.40. The van der Waals surface area contributed by atoms with Crippen molar-refractivity contribution in [3.8, 4) is 28.5 Å². The Bertz CT molecular complexity index is 1430. The maximum Gasteiger partial charge on any atom is 0.335 e. The van der Waals surface area contributed by atoms with E-state index in [1.54, 1.807) is 47.4 Å². The molecule has 0 radical (unpaired) electrons. The minimum absolute atomic E-state index is 0.164. The van der Waals surface area contributed by atoms with Gasteiger partial charge in [-0.1, -0.05) is 17.7 Å².